The number of nitrogens with zero attached hydrogens (tertiary/aromatic N) is 2. The van der Waals surface area contributed by atoms with Gasteiger partial charge in [-0.3, -0.25) is 19.3 Å². The molecule has 0 aliphatic heterocycles. The summed E-state index contributed by atoms with van der Waals surface area (Å²) < 4.78 is 35.4. The Morgan fingerprint density at radius 2 is 1.84 bits per heavy atom. The summed E-state index contributed by atoms with van der Waals surface area (Å²) in [4.78, 5) is 25.7. The lowest BCUT2D eigenvalue weighted by molar-refractivity contribution is 0.102. The van der Waals surface area contributed by atoms with Crippen molar-refractivity contribution in [2.75, 3.05) is 5.32 Å². The van der Waals surface area contributed by atoms with E-state index in [1.165, 1.54) is 59.3 Å². The molecule has 184 valence electrons. The van der Waals surface area contributed by atoms with E-state index in [1.807, 2.05) is 12.1 Å². The van der Waals surface area contributed by atoms with Crippen LogP contribution in [-0.4, -0.2) is 20.7 Å². The van der Waals surface area contributed by atoms with Crippen molar-refractivity contribution in [3.63, 3.8) is 0 Å². The molecule has 0 atom stereocenters. The molecule has 1 amide bonds. The predicted octanol–water partition coefficient (Wildman–Crippen LogP) is 5.91. The monoisotopic (exact) mass is 498 g/mol. The molecule has 6 rings (SSSR count). The summed E-state index contributed by atoms with van der Waals surface area (Å²) in [6.07, 6.45) is 5.26. The topological polar surface area (TPSA) is 89.0 Å². The molecule has 5 aromatic rings. The van der Waals surface area contributed by atoms with Gasteiger partial charge >= 0.3 is 0 Å². The van der Waals surface area contributed by atoms with Gasteiger partial charge in [0.15, 0.2) is 11.6 Å². The third kappa shape index (κ3) is 4.47. The van der Waals surface area contributed by atoms with Crippen molar-refractivity contribution in [2.45, 2.75) is 18.8 Å². The molecule has 2 heterocycles. The molecule has 1 saturated carbocycles. The van der Waals surface area contributed by atoms with Gasteiger partial charge in [0.05, 0.1) is 11.7 Å². The van der Waals surface area contributed by atoms with Crippen molar-refractivity contribution in [3.8, 4) is 17.2 Å². The molecule has 2 aromatic heterocycles. The second-order valence-corrected chi connectivity index (χ2v) is 8.90. The van der Waals surface area contributed by atoms with E-state index in [0.29, 0.717) is 17.4 Å². The third-order valence-electron chi connectivity index (χ3n) is 6.29. The zero-order chi connectivity index (χ0) is 25.5. The molecular weight excluding hydrogens is 478 g/mol. The van der Waals surface area contributed by atoms with Gasteiger partial charge in [-0.05, 0) is 79.4 Å². The Morgan fingerprint density at radius 1 is 1.03 bits per heavy atom. The van der Waals surface area contributed by atoms with E-state index in [4.69, 9.17) is 4.74 Å². The van der Waals surface area contributed by atoms with Gasteiger partial charge in [-0.15, -0.1) is 0 Å². The van der Waals surface area contributed by atoms with E-state index in [2.05, 4.69) is 15.5 Å². The molecular formula is C28H20F2N4O3. The maximum atomic E-state index is 15.0. The Kier molecular flexibility index (Phi) is 5.52. The van der Waals surface area contributed by atoms with Gasteiger partial charge in [-0.2, -0.15) is 5.10 Å². The third-order valence-corrected chi connectivity index (χ3v) is 6.29. The van der Waals surface area contributed by atoms with Crippen LogP contribution in [0.1, 0.15) is 34.7 Å². The fourth-order valence-corrected chi connectivity index (χ4v) is 4.24. The van der Waals surface area contributed by atoms with Crippen LogP contribution in [0.5, 0.6) is 11.5 Å². The number of amides is 1. The van der Waals surface area contributed by atoms with Gasteiger partial charge in [-0.1, -0.05) is 0 Å². The average Bonchev–Trinajstić information content (AvgIpc) is 3.63. The van der Waals surface area contributed by atoms with E-state index in [9.17, 15) is 18.4 Å². The maximum absolute atomic E-state index is 15.0. The zero-order valence-corrected chi connectivity index (χ0v) is 19.4. The normalized spacial score (nSPS) is 13.0. The number of carbonyl (C=O) groups excluding carboxylic acids is 1. The molecule has 2 N–H and O–H groups in total. The molecule has 0 spiro atoms. The van der Waals surface area contributed by atoms with Crippen LogP contribution in [0.25, 0.3) is 16.6 Å². The summed E-state index contributed by atoms with van der Waals surface area (Å²) in [7, 11) is 0. The number of rotatable bonds is 6. The standard InChI is InChI=1S/C28H20F2N4O3/c29-18-5-8-20(9-6-18)34-11-1-2-21(28(34)36)27(35)32-19-7-10-25(23(30)13-19)37-26-12-17-15-31-33-24(17)14-22(26)16-3-4-16/h1-2,5-16H,3-4H2,(H,31,33)(H,32,35). The van der Waals surface area contributed by atoms with Crippen LogP contribution < -0.4 is 15.6 Å². The number of aromatic nitrogens is 3. The predicted molar refractivity (Wildman–Crippen MR) is 134 cm³/mol. The minimum atomic E-state index is -0.698. The highest BCUT2D eigenvalue weighted by atomic mass is 19.1. The van der Waals surface area contributed by atoms with Crippen molar-refractivity contribution in [1.29, 1.82) is 0 Å². The quantitative estimate of drug-likeness (QED) is 0.304. The molecule has 1 fully saturated rings. The van der Waals surface area contributed by atoms with Crippen molar-refractivity contribution >= 4 is 22.5 Å². The van der Waals surface area contributed by atoms with Gasteiger partial charge in [0.25, 0.3) is 11.5 Å². The molecule has 0 radical (unpaired) electrons. The molecule has 3 aromatic carbocycles. The first-order valence-corrected chi connectivity index (χ1v) is 11.7. The number of halogens is 2. The second kappa shape index (κ2) is 9.02. The molecule has 1 aliphatic carbocycles. The maximum Gasteiger partial charge on any atom is 0.267 e. The number of hydrogen-bond acceptors (Lipinski definition) is 4. The number of hydrogen-bond donors (Lipinski definition) is 2. The molecule has 0 saturated heterocycles. The van der Waals surface area contributed by atoms with Gasteiger partial charge in [-0.25, -0.2) is 8.78 Å². The highest BCUT2D eigenvalue weighted by Gasteiger charge is 2.28. The highest BCUT2D eigenvalue weighted by molar-refractivity contribution is 6.04. The Balaban J connectivity index is 1.23. The Morgan fingerprint density at radius 3 is 2.59 bits per heavy atom. The lowest BCUT2D eigenvalue weighted by atomic mass is 10.1. The zero-order valence-electron chi connectivity index (χ0n) is 19.4. The summed E-state index contributed by atoms with van der Waals surface area (Å²) in [5.74, 6) is -0.849. The van der Waals surface area contributed by atoms with Gasteiger partial charge < -0.3 is 10.1 Å². The number of nitrogens with one attached hydrogen (secondary N) is 2. The first kappa shape index (κ1) is 22.7. The van der Waals surface area contributed by atoms with E-state index < -0.39 is 23.1 Å². The van der Waals surface area contributed by atoms with Crippen LogP contribution in [0.2, 0.25) is 0 Å². The van der Waals surface area contributed by atoms with Crippen LogP contribution in [0, 0.1) is 11.6 Å². The fraction of sp³-hybridized carbons (Fsp3) is 0.107. The Bertz CT molecular complexity index is 1710. The van der Waals surface area contributed by atoms with Crippen LogP contribution >= 0.6 is 0 Å². The molecule has 0 unspecified atom stereocenters. The van der Waals surface area contributed by atoms with Crippen molar-refractivity contribution in [3.05, 3.63) is 112 Å². The Hall–Kier alpha value is -4.79. The molecule has 37 heavy (non-hydrogen) atoms. The minimum Gasteiger partial charge on any atom is -0.454 e. The number of H-pyrrole nitrogens is 1. The summed E-state index contributed by atoms with van der Waals surface area (Å²) in [6, 6.07) is 16.1. The first-order chi connectivity index (χ1) is 18.0. The smallest absolute Gasteiger partial charge is 0.267 e. The number of fused-ring (bicyclic) bond motifs is 1. The molecule has 0 bridgehead atoms. The molecule has 7 nitrogen and oxygen atoms in total. The minimum absolute atomic E-state index is 0.0149. The number of ether oxygens (including phenoxy) is 1. The van der Waals surface area contributed by atoms with Crippen LogP contribution in [0.3, 0.4) is 0 Å². The van der Waals surface area contributed by atoms with E-state index in [0.717, 1.165) is 35.4 Å². The lowest BCUT2D eigenvalue weighted by Crippen LogP contribution is -2.27. The first-order valence-electron chi connectivity index (χ1n) is 11.7. The second-order valence-electron chi connectivity index (χ2n) is 8.90. The molecule has 9 heteroatoms. The van der Waals surface area contributed by atoms with Gasteiger partial charge in [0.2, 0.25) is 0 Å². The number of aromatic amines is 1. The van der Waals surface area contributed by atoms with E-state index in [1.54, 1.807) is 6.20 Å². The van der Waals surface area contributed by atoms with Crippen molar-refractivity contribution < 1.29 is 18.3 Å². The van der Waals surface area contributed by atoms with E-state index >= 15 is 0 Å². The SMILES string of the molecule is O=C(Nc1ccc(Oc2cc3cn[nH]c3cc2C2CC2)c(F)c1)c1cccn(-c2ccc(F)cc2)c1=O. The summed E-state index contributed by atoms with van der Waals surface area (Å²) in [5, 5.41) is 10.4. The van der Waals surface area contributed by atoms with Crippen LogP contribution in [0.15, 0.2) is 83.9 Å². The summed E-state index contributed by atoms with van der Waals surface area (Å²) >= 11 is 0. The largest absolute Gasteiger partial charge is 0.454 e. The Labute approximate surface area is 209 Å². The number of carbonyl (C=O) groups is 1. The average molecular weight is 498 g/mol. The highest BCUT2D eigenvalue weighted by Crippen LogP contribution is 2.46. The lowest BCUT2D eigenvalue weighted by Gasteiger charge is -2.13. The fourth-order valence-electron chi connectivity index (χ4n) is 4.24. The van der Waals surface area contributed by atoms with E-state index in [-0.39, 0.29) is 17.0 Å². The van der Waals surface area contributed by atoms with Crippen molar-refractivity contribution in [2.24, 2.45) is 0 Å². The van der Waals surface area contributed by atoms with Crippen molar-refractivity contribution in [1.82, 2.24) is 14.8 Å². The van der Waals surface area contributed by atoms with Gasteiger partial charge in [0, 0.05) is 34.6 Å². The molecule has 1 aliphatic rings. The summed E-state index contributed by atoms with van der Waals surface area (Å²) in [6.45, 7) is 0. The van der Waals surface area contributed by atoms with Crippen LogP contribution in [0.4, 0.5) is 14.5 Å². The summed E-state index contributed by atoms with van der Waals surface area (Å²) in [5.41, 5.74) is 1.73. The number of anilines is 1. The van der Waals surface area contributed by atoms with Gasteiger partial charge in [0.1, 0.15) is 17.1 Å². The van der Waals surface area contributed by atoms with Crippen LogP contribution in [-0.2, 0) is 0 Å². The number of pyridine rings is 1. The number of benzene rings is 3.